The molecule has 27 heavy (non-hydrogen) atoms. The Labute approximate surface area is 154 Å². The SMILES string of the molecule is CC1CNCC(C)C1Nc1nc2c(-c3ccc(F)c(F)c3F)cccn2n1. The van der Waals surface area contributed by atoms with Crippen LogP contribution in [0.4, 0.5) is 19.1 Å². The Hall–Kier alpha value is -2.61. The average Bonchev–Trinajstić information content (AvgIpc) is 3.06. The van der Waals surface area contributed by atoms with Gasteiger partial charge < -0.3 is 10.6 Å². The molecule has 2 unspecified atom stereocenters. The molecule has 2 aromatic heterocycles. The normalized spacial score (nSPS) is 22.9. The number of nitrogens with one attached hydrogen (secondary N) is 2. The van der Waals surface area contributed by atoms with Crippen molar-refractivity contribution in [2.24, 2.45) is 11.8 Å². The average molecular weight is 375 g/mol. The zero-order valence-corrected chi connectivity index (χ0v) is 15.0. The first-order valence-electron chi connectivity index (χ1n) is 8.92. The van der Waals surface area contributed by atoms with Crippen molar-refractivity contribution in [2.45, 2.75) is 19.9 Å². The fourth-order valence-corrected chi connectivity index (χ4v) is 3.70. The highest BCUT2D eigenvalue weighted by Crippen LogP contribution is 2.29. The van der Waals surface area contributed by atoms with Crippen LogP contribution in [0.3, 0.4) is 0 Å². The van der Waals surface area contributed by atoms with Gasteiger partial charge in [-0.25, -0.2) is 17.7 Å². The first-order valence-corrected chi connectivity index (χ1v) is 8.92. The highest BCUT2D eigenvalue weighted by molar-refractivity contribution is 5.78. The van der Waals surface area contributed by atoms with Crippen LogP contribution < -0.4 is 10.6 Å². The summed E-state index contributed by atoms with van der Waals surface area (Å²) in [5.41, 5.74) is 0.669. The number of aromatic nitrogens is 3. The van der Waals surface area contributed by atoms with Crippen LogP contribution in [0.1, 0.15) is 13.8 Å². The highest BCUT2D eigenvalue weighted by atomic mass is 19.2. The highest BCUT2D eigenvalue weighted by Gasteiger charge is 2.28. The molecule has 3 heterocycles. The van der Waals surface area contributed by atoms with E-state index in [0.29, 0.717) is 29.0 Å². The van der Waals surface area contributed by atoms with Crippen LogP contribution in [0.15, 0.2) is 30.5 Å². The van der Waals surface area contributed by atoms with Crippen LogP contribution in [-0.2, 0) is 0 Å². The summed E-state index contributed by atoms with van der Waals surface area (Å²) in [6.45, 7) is 6.11. The van der Waals surface area contributed by atoms with E-state index in [9.17, 15) is 13.2 Å². The van der Waals surface area contributed by atoms with E-state index < -0.39 is 17.5 Å². The van der Waals surface area contributed by atoms with Crippen LogP contribution in [0, 0.1) is 29.3 Å². The van der Waals surface area contributed by atoms with Gasteiger partial charge in [-0.1, -0.05) is 13.8 Å². The van der Waals surface area contributed by atoms with E-state index >= 15 is 0 Å². The molecular formula is C19H20F3N5. The van der Waals surface area contributed by atoms with E-state index in [1.807, 2.05) is 0 Å². The van der Waals surface area contributed by atoms with Crippen LogP contribution in [0.5, 0.6) is 0 Å². The summed E-state index contributed by atoms with van der Waals surface area (Å²) in [7, 11) is 0. The fourth-order valence-electron chi connectivity index (χ4n) is 3.70. The summed E-state index contributed by atoms with van der Waals surface area (Å²) in [6.07, 6.45) is 1.68. The molecule has 1 fully saturated rings. The second-order valence-electron chi connectivity index (χ2n) is 7.13. The lowest BCUT2D eigenvalue weighted by Gasteiger charge is -2.35. The van der Waals surface area contributed by atoms with Gasteiger partial charge in [0.1, 0.15) is 0 Å². The van der Waals surface area contributed by atoms with Crippen LogP contribution in [0.25, 0.3) is 16.8 Å². The Balaban J connectivity index is 1.74. The van der Waals surface area contributed by atoms with E-state index in [4.69, 9.17) is 0 Å². The molecule has 1 aliphatic rings. The van der Waals surface area contributed by atoms with Crippen LogP contribution in [0.2, 0.25) is 0 Å². The lowest BCUT2D eigenvalue weighted by molar-refractivity contribution is 0.286. The van der Waals surface area contributed by atoms with Crippen molar-refractivity contribution >= 4 is 11.6 Å². The zero-order valence-electron chi connectivity index (χ0n) is 15.0. The van der Waals surface area contributed by atoms with Gasteiger partial charge in [0.15, 0.2) is 23.1 Å². The number of piperidine rings is 1. The molecule has 2 N–H and O–H groups in total. The lowest BCUT2D eigenvalue weighted by atomic mass is 9.87. The van der Waals surface area contributed by atoms with Gasteiger partial charge in [0.2, 0.25) is 5.95 Å². The van der Waals surface area contributed by atoms with Crippen molar-refractivity contribution in [1.29, 1.82) is 0 Å². The van der Waals surface area contributed by atoms with Gasteiger partial charge >= 0.3 is 0 Å². The van der Waals surface area contributed by atoms with E-state index in [1.54, 1.807) is 18.3 Å². The molecule has 0 amide bonds. The van der Waals surface area contributed by atoms with Crippen LogP contribution >= 0.6 is 0 Å². The van der Waals surface area contributed by atoms with E-state index in [2.05, 4.69) is 34.6 Å². The van der Waals surface area contributed by atoms with E-state index in [0.717, 1.165) is 19.2 Å². The van der Waals surface area contributed by atoms with Gasteiger partial charge in [-0.2, -0.15) is 4.98 Å². The molecule has 0 spiro atoms. The number of pyridine rings is 1. The molecule has 142 valence electrons. The Morgan fingerprint density at radius 1 is 1.04 bits per heavy atom. The molecular weight excluding hydrogens is 355 g/mol. The second kappa shape index (κ2) is 6.84. The number of rotatable bonds is 3. The number of fused-ring (bicyclic) bond motifs is 1. The Morgan fingerprint density at radius 3 is 2.52 bits per heavy atom. The van der Waals surface area contributed by atoms with Gasteiger partial charge in [0.05, 0.1) is 0 Å². The zero-order chi connectivity index (χ0) is 19.1. The molecule has 8 heteroatoms. The predicted molar refractivity (Wildman–Crippen MR) is 96.9 cm³/mol. The number of hydrogen-bond acceptors (Lipinski definition) is 4. The first-order chi connectivity index (χ1) is 13.0. The number of hydrogen-bond donors (Lipinski definition) is 2. The maximum atomic E-state index is 14.3. The summed E-state index contributed by atoms with van der Waals surface area (Å²) in [5, 5.41) is 11.2. The van der Waals surface area contributed by atoms with Gasteiger partial charge in [-0.15, -0.1) is 5.10 Å². The number of anilines is 1. The number of benzene rings is 1. The van der Waals surface area contributed by atoms with Gasteiger partial charge in [0, 0.05) is 23.4 Å². The predicted octanol–water partition coefficient (Wildman–Crippen LogP) is 3.47. The van der Waals surface area contributed by atoms with Gasteiger partial charge in [-0.3, -0.25) is 0 Å². The molecule has 1 aliphatic heterocycles. The second-order valence-corrected chi connectivity index (χ2v) is 7.13. The summed E-state index contributed by atoms with van der Waals surface area (Å²) >= 11 is 0. The largest absolute Gasteiger partial charge is 0.350 e. The quantitative estimate of drug-likeness (QED) is 0.689. The molecule has 4 rings (SSSR count). The smallest absolute Gasteiger partial charge is 0.243 e. The molecule has 0 saturated carbocycles. The number of halogens is 3. The van der Waals surface area contributed by atoms with Crippen molar-refractivity contribution < 1.29 is 13.2 Å². The fraction of sp³-hybridized carbons (Fsp3) is 0.368. The van der Waals surface area contributed by atoms with E-state index in [-0.39, 0.29) is 11.6 Å². The molecule has 2 atom stereocenters. The summed E-state index contributed by atoms with van der Waals surface area (Å²) < 4.78 is 42.7. The minimum Gasteiger partial charge on any atom is -0.350 e. The summed E-state index contributed by atoms with van der Waals surface area (Å²) in [6, 6.07) is 5.59. The Kier molecular flexibility index (Phi) is 4.51. The molecule has 0 bridgehead atoms. The first kappa shape index (κ1) is 17.8. The van der Waals surface area contributed by atoms with Gasteiger partial charge in [0.25, 0.3) is 0 Å². The third kappa shape index (κ3) is 3.14. The van der Waals surface area contributed by atoms with E-state index in [1.165, 1.54) is 10.6 Å². The molecule has 1 aromatic carbocycles. The van der Waals surface area contributed by atoms with Crippen molar-refractivity contribution in [3.8, 4) is 11.1 Å². The standard InChI is InChI=1S/C19H20F3N5/c1-10-8-23-9-11(2)17(10)24-19-25-18-13(4-3-7-27(18)26-19)12-5-6-14(20)16(22)15(12)21/h3-7,10-11,17,23H,8-9H2,1-2H3,(H,24,26). The van der Waals surface area contributed by atoms with Crippen molar-refractivity contribution in [3.05, 3.63) is 47.9 Å². The maximum absolute atomic E-state index is 14.3. The topological polar surface area (TPSA) is 54.2 Å². The summed E-state index contributed by atoms with van der Waals surface area (Å²) in [5.74, 6) is -2.74. The van der Waals surface area contributed by atoms with Crippen molar-refractivity contribution in [3.63, 3.8) is 0 Å². The third-order valence-corrected chi connectivity index (χ3v) is 5.14. The molecule has 0 radical (unpaired) electrons. The molecule has 0 aliphatic carbocycles. The molecule has 1 saturated heterocycles. The molecule has 5 nitrogen and oxygen atoms in total. The minimum atomic E-state index is -1.50. The Morgan fingerprint density at radius 2 is 1.78 bits per heavy atom. The van der Waals surface area contributed by atoms with Crippen molar-refractivity contribution in [1.82, 2.24) is 19.9 Å². The van der Waals surface area contributed by atoms with Crippen LogP contribution in [-0.4, -0.2) is 33.7 Å². The summed E-state index contributed by atoms with van der Waals surface area (Å²) in [4.78, 5) is 4.48. The maximum Gasteiger partial charge on any atom is 0.243 e. The Bertz CT molecular complexity index is 977. The third-order valence-electron chi connectivity index (χ3n) is 5.14. The van der Waals surface area contributed by atoms with Gasteiger partial charge in [-0.05, 0) is 49.2 Å². The minimum absolute atomic E-state index is 0.0537. The van der Waals surface area contributed by atoms with Crippen molar-refractivity contribution in [2.75, 3.05) is 18.4 Å². The number of nitrogens with zero attached hydrogens (tertiary/aromatic N) is 3. The lowest BCUT2D eigenvalue weighted by Crippen LogP contribution is -2.48. The molecule has 3 aromatic rings. The monoisotopic (exact) mass is 375 g/mol.